The molecule has 0 unspecified atom stereocenters. The normalized spacial score (nSPS) is 10.4. The van der Waals surface area contributed by atoms with Crippen molar-refractivity contribution in [1.29, 1.82) is 0 Å². The number of carbonyl (C=O) groups excluding carboxylic acids is 1. The van der Waals surface area contributed by atoms with Crippen LogP contribution < -0.4 is 15.4 Å². The van der Waals surface area contributed by atoms with Crippen molar-refractivity contribution in [2.75, 3.05) is 19.0 Å². The monoisotopic (exact) mass is 375 g/mol. The molecule has 144 valence electrons. The maximum absolute atomic E-state index is 12.5. The minimum atomic E-state index is -0.137. The Kier molecular flexibility index (Phi) is 6.63. The van der Waals surface area contributed by atoms with Gasteiger partial charge in [-0.25, -0.2) is 0 Å². The summed E-state index contributed by atoms with van der Waals surface area (Å²) in [4.78, 5) is 16.6. The fourth-order valence-corrected chi connectivity index (χ4v) is 3.01. The number of nitrogens with zero attached hydrogens (tertiary/aromatic N) is 1. The summed E-state index contributed by atoms with van der Waals surface area (Å²) in [5.41, 5.74) is 4.83. The number of aromatic nitrogens is 1. The lowest BCUT2D eigenvalue weighted by atomic mass is 10.1. The van der Waals surface area contributed by atoms with Crippen LogP contribution in [0.5, 0.6) is 5.75 Å². The molecule has 3 aromatic rings. The van der Waals surface area contributed by atoms with E-state index in [-0.39, 0.29) is 5.91 Å². The highest BCUT2D eigenvalue weighted by Crippen LogP contribution is 2.17. The third-order valence-corrected chi connectivity index (χ3v) is 4.45. The van der Waals surface area contributed by atoms with Gasteiger partial charge in [-0.1, -0.05) is 48.0 Å². The van der Waals surface area contributed by atoms with Gasteiger partial charge in [-0.2, -0.15) is 0 Å². The van der Waals surface area contributed by atoms with Gasteiger partial charge in [0, 0.05) is 25.5 Å². The van der Waals surface area contributed by atoms with Crippen LogP contribution in [-0.2, 0) is 13.0 Å². The highest BCUT2D eigenvalue weighted by molar-refractivity contribution is 5.94. The Balaban J connectivity index is 1.54. The summed E-state index contributed by atoms with van der Waals surface area (Å²) in [6.45, 7) is 3.28. The second-order valence-corrected chi connectivity index (χ2v) is 6.62. The van der Waals surface area contributed by atoms with E-state index in [9.17, 15) is 4.79 Å². The van der Waals surface area contributed by atoms with Gasteiger partial charge in [-0.15, -0.1) is 0 Å². The number of hydrogen-bond acceptors (Lipinski definition) is 4. The fraction of sp³-hybridized carbons (Fsp3) is 0.217. The van der Waals surface area contributed by atoms with Gasteiger partial charge in [0.15, 0.2) is 0 Å². The topological polar surface area (TPSA) is 63.2 Å². The lowest BCUT2D eigenvalue weighted by Crippen LogP contribution is -2.26. The number of para-hydroxylation sites is 1. The largest absolute Gasteiger partial charge is 0.496 e. The highest BCUT2D eigenvalue weighted by Gasteiger charge is 2.08. The second kappa shape index (κ2) is 9.55. The molecule has 5 nitrogen and oxygen atoms in total. The minimum absolute atomic E-state index is 0.137. The summed E-state index contributed by atoms with van der Waals surface area (Å²) in [7, 11) is 1.65. The Morgan fingerprint density at radius 1 is 1.07 bits per heavy atom. The van der Waals surface area contributed by atoms with Crippen molar-refractivity contribution >= 4 is 11.6 Å². The predicted molar refractivity (Wildman–Crippen MR) is 112 cm³/mol. The molecule has 0 aliphatic heterocycles. The van der Waals surface area contributed by atoms with Gasteiger partial charge in [0.25, 0.3) is 5.91 Å². The lowest BCUT2D eigenvalue weighted by molar-refractivity contribution is 0.0953. The van der Waals surface area contributed by atoms with Crippen LogP contribution >= 0.6 is 0 Å². The average molecular weight is 375 g/mol. The van der Waals surface area contributed by atoms with Crippen molar-refractivity contribution < 1.29 is 9.53 Å². The van der Waals surface area contributed by atoms with Crippen LogP contribution in [0.25, 0.3) is 0 Å². The molecule has 3 rings (SSSR count). The molecule has 0 aliphatic rings. The molecule has 0 saturated heterocycles. The van der Waals surface area contributed by atoms with E-state index < -0.39 is 0 Å². The number of aryl methyl sites for hydroxylation is 1. The number of carbonyl (C=O) groups is 1. The summed E-state index contributed by atoms with van der Waals surface area (Å²) in [5.74, 6) is 0.697. The third kappa shape index (κ3) is 5.33. The Morgan fingerprint density at radius 2 is 1.93 bits per heavy atom. The maximum atomic E-state index is 12.5. The molecule has 5 heteroatoms. The van der Waals surface area contributed by atoms with Crippen LogP contribution in [0.3, 0.4) is 0 Å². The first-order chi connectivity index (χ1) is 13.7. The first kappa shape index (κ1) is 19.4. The molecule has 1 heterocycles. The molecule has 0 bridgehead atoms. The zero-order valence-corrected chi connectivity index (χ0v) is 16.2. The summed E-state index contributed by atoms with van der Waals surface area (Å²) in [6, 6.07) is 18.0. The Labute approximate surface area is 165 Å². The van der Waals surface area contributed by atoms with Crippen LogP contribution in [0.15, 0.2) is 67.0 Å². The SMILES string of the molecule is COc1ccccc1CCNC(=O)c1cncc(NCc2cccc(C)c2)c1. The quantitative estimate of drug-likeness (QED) is 0.625. The number of anilines is 1. The van der Waals surface area contributed by atoms with Gasteiger partial charge < -0.3 is 15.4 Å². The van der Waals surface area contributed by atoms with Crippen molar-refractivity contribution in [3.8, 4) is 5.75 Å². The van der Waals surface area contributed by atoms with E-state index in [4.69, 9.17) is 4.74 Å². The molecule has 0 atom stereocenters. The number of methoxy groups -OCH3 is 1. The Bertz CT molecular complexity index is 940. The van der Waals surface area contributed by atoms with Gasteiger partial charge >= 0.3 is 0 Å². The van der Waals surface area contributed by atoms with Crippen molar-refractivity contribution in [3.05, 3.63) is 89.2 Å². The molecule has 1 aromatic heterocycles. The number of ether oxygens (including phenoxy) is 1. The smallest absolute Gasteiger partial charge is 0.252 e. The van der Waals surface area contributed by atoms with Crippen molar-refractivity contribution in [3.63, 3.8) is 0 Å². The zero-order valence-electron chi connectivity index (χ0n) is 16.2. The standard InChI is InChI=1S/C23H25N3O2/c1-17-6-5-7-18(12-17)14-26-21-13-20(15-24-16-21)23(27)25-11-10-19-8-3-4-9-22(19)28-2/h3-9,12-13,15-16,26H,10-11,14H2,1-2H3,(H,25,27). The summed E-state index contributed by atoms with van der Waals surface area (Å²) in [5, 5.41) is 6.27. The summed E-state index contributed by atoms with van der Waals surface area (Å²) >= 11 is 0. The molecule has 0 radical (unpaired) electrons. The van der Waals surface area contributed by atoms with Gasteiger partial charge in [-0.05, 0) is 36.6 Å². The van der Waals surface area contributed by atoms with Crippen molar-refractivity contribution in [2.24, 2.45) is 0 Å². The molecule has 0 spiro atoms. The Hall–Kier alpha value is -3.34. The highest BCUT2D eigenvalue weighted by atomic mass is 16.5. The van der Waals surface area contributed by atoms with Gasteiger partial charge in [0.2, 0.25) is 0 Å². The summed E-state index contributed by atoms with van der Waals surface area (Å²) in [6.07, 6.45) is 4.01. The van der Waals surface area contributed by atoms with E-state index in [0.717, 1.165) is 17.0 Å². The van der Waals surface area contributed by atoms with Crippen LogP contribution in [0.1, 0.15) is 27.0 Å². The first-order valence-corrected chi connectivity index (χ1v) is 9.30. The van der Waals surface area contributed by atoms with E-state index in [0.29, 0.717) is 25.1 Å². The molecule has 28 heavy (non-hydrogen) atoms. The lowest BCUT2D eigenvalue weighted by Gasteiger charge is -2.10. The Morgan fingerprint density at radius 3 is 2.75 bits per heavy atom. The fourth-order valence-electron chi connectivity index (χ4n) is 3.01. The third-order valence-electron chi connectivity index (χ3n) is 4.45. The number of amides is 1. The zero-order chi connectivity index (χ0) is 19.8. The molecular formula is C23H25N3O2. The molecule has 0 fully saturated rings. The van der Waals surface area contributed by atoms with Gasteiger partial charge in [-0.3, -0.25) is 9.78 Å². The van der Waals surface area contributed by atoms with Gasteiger partial charge in [0.05, 0.1) is 18.4 Å². The molecule has 2 N–H and O–H groups in total. The number of hydrogen-bond donors (Lipinski definition) is 2. The number of benzene rings is 2. The van der Waals surface area contributed by atoms with Crippen LogP contribution in [0.4, 0.5) is 5.69 Å². The van der Waals surface area contributed by atoms with E-state index in [1.165, 1.54) is 11.1 Å². The van der Waals surface area contributed by atoms with E-state index in [1.54, 1.807) is 19.5 Å². The first-order valence-electron chi connectivity index (χ1n) is 9.30. The van der Waals surface area contributed by atoms with Crippen LogP contribution in [-0.4, -0.2) is 24.5 Å². The van der Waals surface area contributed by atoms with E-state index in [1.807, 2.05) is 36.4 Å². The second-order valence-electron chi connectivity index (χ2n) is 6.62. The average Bonchev–Trinajstić information content (AvgIpc) is 2.73. The maximum Gasteiger partial charge on any atom is 0.252 e. The van der Waals surface area contributed by atoms with Crippen LogP contribution in [0, 0.1) is 6.92 Å². The molecule has 2 aromatic carbocycles. The molecule has 0 aliphatic carbocycles. The number of pyridine rings is 1. The number of rotatable bonds is 8. The minimum Gasteiger partial charge on any atom is -0.496 e. The van der Waals surface area contributed by atoms with Crippen molar-refractivity contribution in [2.45, 2.75) is 19.9 Å². The molecule has 1 amide bonds. The predicted octanol–water partition coefficient (Wildman–Crippen LogP) is 3.98. The van der Waals surface area contributed by atoms with Crippen molar-refractivity contribution in [1.82, 2.24) is 10.3 Å². The van der Waals surface area contributed by atoms with E-state index >= 15 is 0 Å². The number of nitrogens with one attached hydrogen (secondary N) is 2. The van der Waals surface area contributed by atoms with Gasteiger partial charge in [0.1, 0.15) is 5.75 Å². The summed E-state index contributed by atoms with van der Waals surface area (Å²) < 4.78 is 5.34. The van der Waals surface area contributed by atoms with E-state index in [2.05, 4.69) is 40.7 Å². The molecule has 0 saturated carbocycles. The van der Waals surface area contributed by atoms with Crippen LogP contribution in [0.2, 0.25) is 0 Å². The molecular weight excluding hydrogens is 350 g/mol.